The van der Waals surface area contributed by atoms with Crippen LogP contribution in [0, 0.1) is 6.92 Å². The summed E-state index contributed by atoms with van der Waals surface area (Å²) >= 11 is 0. The van der Waals surface area contributed by atoms with E-state index in [9.17, 15) is 19.5 Å². The Morgan fingerprint density at radius 2 is 1.76 bits per heavy atom. The topological polar surface area (TPSA) is 108 Å². The Kier molecular flexibility index (Phi) is 12.4. The summed E-state index contributed by atoms with van der Waals surface area (Å²) in [5.41, 5.74) is 0.892. The fourth-order valence-electron chi connectivity index (χ4n) is 4.78. The van der Waals surface area contributed by atoms with Crippen LogP contribution in [-0.4, -0.2) is 58.8 Å². The van der Waals surface area contributed by atoms with Crippen LogP contribution in [0.15, 0.2) is 24.3 Å². The quantitative estimate of drug-likeness (QED) is 0.346. The molecule has 1 saturated carbocycles. The normalized spacial score (nSPS) is 15.9. The number of carbonyl (C=O) groups excluding carboxylic acids is 3. The predicted molar refractivity (Wildman–Crippen MR) is 145 cm³/mol. The maximum absolute atomic E-state index is 13.9. The molecule has 8 heteroatoms. The van der Waals surface area contributed by atoms with E-state index in [1.165, 1.54) is 11.3 Å². The second-order valence-electron chi connectivity index (χ2n) is 11.1. The van der Waals surface area contributed by atoms with Crippen molar-refractivity contribution in [1.29, 1.82) is 0 Å². The van der Waals surface area contributed by atoms with Gasteiger partial charge in [0.25, 0.3) is 0 Å². The van der Waals surface area contributed by atoms with Crippen molar-refractivity contribution in [3.8, 4) is 0 Å². The van der Waals surface area contributed by atoms with E-state index in [2.05, 4.69) is 17.6 Å². The lowest BCUT2D eigenvalue weighted by molar-refractivity contribution is -0.143. The lowest BCUT2D eigenvalue weighted by atomic mass is 9.93. The first kappa shape index (κ1) is 30.6. The van der Waals surface area contributed by atoms with Gasteiger partial charge >= 0.3 is 6.09 Å². The maximum Gasteiger partial charge on any atom is 0.408 e. The van der Waals surface area contributed by atoms with Gasteiger partial charge in [0.15, 0.2) is 0 Å². The molecule has 2 unspecified atom stereocenters. The van der Waals surface area contributed by atoms with E-state index in [1.807, 2.05) is 31.2 Å². The van der Waals surface area contributed by atoms with Gasteiger partial charge in [0.1, 0.15) is 17.7 Å². The van der Waals surface area contributed by atoms with Gasteiger partial charge in [-0.05, 0) is 58.1 Å². The first-order chi connectivity index (χ1) is 17.6. The Hall–Kier alpha value is -2.61. The molecule has 8 nitrogen and oxygen atoms in total. The Morgan fingerprint density at radius 1 is 1.08 bits per heavy atom. The summed E-state index contributed by atoms with van der Waals surface area (Å²) in [5.74, 6) is -0.726. The van der Waals surface area contributed by atoms with Gasteiger partial charge in [-0.25, -0.2) is 4.79 Å². The van der Waals surface area contributed by atoms with Crippen molar-refractivity contribution in [2.24, 2.45) is 0 Å². The molecular formula is C29H47N3O5. The van der Waals surface area contributed by atoms with Crippen molar-refractivity contribution in [3.05, 3.63) is 35.4 Å². The molecule has 3 N–H and O–H groups in total. The molecule has 0 spiro atoms. The summed E-state index contributed by atoms with van der Waals surface area (Å²) in [5, 5.41) is 15.8. The zero-order chi connectivity index (χ0) is 27.4. The number of unbranched alkanes of at least 4 members (excludes halogenated alkanes) is 3. The molecule has 0 saturated heterocycles. The monoisotopic (exact) mass is 517 g/mol. The van der Waals surface area contributed by atoms with Crippen LogP contribution in [0.25, 0.3) is 0 Å². The minimum atomic E-state index is -1.23. The first-order valence-corrected chi connectivity index (χ1v) is 13.8. The fraction of sp³-hybridized carbons (Fsp3) is 0.690. The number of aliphatic hydroxyl groups excluding tert-OH is 1. The van der Waals surface area contributed by atoms with Crippen molar-refractivity contribution in [3.63, 3.8) is 0 Å². The Balaban J connectivity index is 2.40. The summed E-state index contributed by atoms with van der Waals surface area (Å²) in [7, 11) is 0. The van der Waals surface area contributed by atoms with E-state index in [1.54, 1.807) is 20.8 Å². The highest BCUT2D eigenvalue weighted by Crippen LogP contribution is 2.27. The first-order valence-electron chi connectivity index (χ1n) is 13.8. The second-order valence-corrected chi connectivity index (χ2v) is 11.1. The van der Waals surface area contributed by atoms with E-state index in [0.717, 1.165) is 56.1 Å². The summed E-state index contributed by atoms with van der Waals surface area (Å²) in [4.78, 5) is 41.7. The molecule has 0 radical (unpaired) electrons. The minimum absolute atomic E-state index is 0.0818. The van der Waals surface area contributed by atoms with Crippen LogP contribution in [-0.2, 0) is 14.3 Å². The highest BCUT2D eigenvalue weighted by molar-refractivity contribution is 5.92. The zero-order valence-corrected chi connectivity index (χ0v) is 23.3. The van der Waals surface area contributed by atoms with Crippen molar-refractivity contribution < 1.29 is 24.2 Å². The lowest BCUT2D eigenvalue weighted by Gasteiger charge is -2.36. The molecule has 2 atom stereocenters. The third-order valence-electron chi connectivity index (χ3n) is 6.70. The third-order valence-corrected chi connectivity index (χ3v) is 6.70. The van der Waals surface area contributed by atoms with Gasteiger partial charge in [-0.15, -0.1) is 0 Å². The molecule has 1 aliphatic rings. The van der Waals surface area contributed by atoms with Gasteiger partial charge in [0.05, 0.1) is 6.61 Å². The van der Waals surface area contributed by atoms with Crippen molar-refractivity contribution >= 4 is 17.9 Å². The number of alkyl carbamates (subject to hydrolysis) is 1. The molecule has 1 aromatic carbocycles. The van der Waals surface area contributed by atoms with Gasteiger partial charge in [0, 0.05) is 12.6 Å². The average Bonchev–Trinajstić information content (AvgIpc) is 2.84. The third kappa shape index (κ3) is 9.99. The number of rotatable bonds is 12. The molecule has 3 amide bonds. The maximum atomic E-state index is 13.9. The number of aliphatic hydroxyl groups is 1. The van der Waals surface area contributed by atoms with Gasteiger partial charge in [0.2, 0.25) is 11.8 Å². The molecule has 2 rings (SSSR count). The number of aryl methyl sites for hydroxylation is 1. The summed E-state index contributed by atoms with van der Waals surface area (Å²) < 4.78 is 5.31. The van der Waals surface area contributed by atoms with Crippen LogP contribution < -0.4 is 10.6 Å². The molecule has 0 aliphatic heterocycles. The number of amides is 3. The van der Waals surface area contributed by atoms with E-state index < -0.39 is 36.3 Å². The average molecular weight is 518 g/mol. The van der Waals surface area contributed by atoms with Gasteiger partial charge in [-0.1, -0.05) is 69.7 Å². The standard InChI is InChI=1S/C29H47N3O5/c1-6-7-8-14-19-32(27(35)24(20-33)31-28(36)37-29(3,4)5)25(23-18-13-12-15-21(23)2)26(34)30-22-16-10-9-11-17-22/h12-13,15,18,22,24-25,33H,6-11,14,16-17,19-20H2,1-5H3,(H,30,34)(H,31,36). The number of hydrogen-bond acceptors (Lipinski definition) is 5. The molecule has 1 aliphatic carbocycles. The second kappa shape index (κ2) is 15.0. The van der Waals surface area contributed by atoms with E-state index in [4.69, 9.17) is 4.74 Å². The Labute approximate surface area is 222 Å². The van der Waals surface area contributed by atoms with Crippen LogP contribution in [0.5, 0.6) is 0 Å². The van der Waals surface area contributed by atoms with Gasteiger partial charge in [-0.3, -0.25) is 9.59 Å². The van der Waals surface area contributed by atoms with Crippen LogP contribution >= 0.6 is 0 Å². The molecule has 37 heavy (non-hydrogen) atoms. The van der Waals surface area contributed by atoms with E-state index in [-0.39, 0.29) is 11.9 Å². The van der Waals surface area contributed by atoms with Crippen LogP contribution in [0.3, 0.4) is 0 Å². The van der Waals surface area contributed by atoms with Crippen LogP contribution in [0.4, 0.5) is 4.79 Å². The SMILES string of the molecule is CCCCCCN(C(=O)C(CO)NC(=O)OC(C)(C)C)C(C(=O)NC1CCCCC1)c1ccccc1C. The highest BCUT2D eigenvalue weighted by atomic mass is 16.6. The summed E-state index contributed by atoms with van der Waals surface area (Å²) in [6.45, 7) is 8.96. The highest BCUT2D eigenvalue weighted by Gasteiger charge is 2.37. The van der Waals surface area contributed by atoms with Crippen LogP contribution in [0.2, 0.25) is 0 Å². The Bertz CT molecular complexity index is 877. The Morgan fingerprint density at radius 3 is 2.35 bits per heavy atom. The van der Waals surface area contributed by atoms with Crippen LogP contribution in [0.1, 0.15) is 103 Å². The molecule has 208 valence electrons. The minimum Gasteiger partial charge on any atom is -0.444 e. The van der Waals surface area contributed by atoms with E-state index >= 15 is 0 Å². The number of carbonyl (C=O) groups is 3. The van der Waals surface area contributed by atoms with Gasteiger partial charge < -0.3 is 25.4 Å². The van der Waals surface area contributed by atoms with Crippen molar-refractivity contribution in [1.82, 2.24) is 15.5 Å². The fourth-order valence-corrected chi connectivity index (χ4v) is 4.78. The predicted octanol–water partition coefficient (Wildman–Crippen LogP) is 4.78. The largest absolute Gasteiger partial charge is 0.444 e. The molecule has 0 heterocycles. The number of ether oxygens (including phenoxy) is 1. The molecule has 1 aromatic rings. The molecule has 1 fully saturated rings. The summed E-state index contributed by atoms with van der Waals surface area (Å²) in [6.07, 6.45) is 8.07. The van der Waals surface area contributed by atoms with Gasteiger partial charge in [-0.2, -0.15) is 0 Å². The molecular weight excluding hydrogens is 470 g/mol. The smallest absolute Gasteiger partial charge is 0.408 e. The number of benzene rings is 1. The molecule has 0 aromatic heterocycles. The number of nitrogens with one attached hydrogen (secondary N) is 2. The summed E-state index contributed by atoms with van der Waals surface area (Å²) in [6, 6.07) is 5.56. The lowest BCUT2D eigenvalue weighted by Crippen LogP contribution is -2.55. The molecule has 0 bridgehead atoms. The zero-order valence-electron chi connectivity index (χ0n) is 23.3. The number of hydrogen-bond donors (Lipinski definition) is 3. The van der Waals surface area contributed by atoms with Crippen molar-refractivity contribution in [2.45, 2.75) is 116 Å². The van der Waals surface area contributed by atoms with Crippen molar-refractivity contribution in [2.75, 3.05) is 13.2 Å². The number of nitrogens with zero attached hydrogens (tertiary/aromatic N) is 1. The van der Waals surface area contributed by atoms with E-state index in [0.29, 0.717) is 13.0 Å².